The molecule has 0 spiro atoms. The van der Waals surface area contributed by atoms with Crippen molar-refractivity contribution in [2.45, 2.75) is 25.7 Å². The minimum atomic E-state index is -3.53. The number of nitrogens with zero attached hydrogens (tertiary/aromatic N) is 2. The number of thiocarbonyl (C=S) groups is 1. The van der Waals surface area contributed by atoms with Crippen molar-refractivity contribution >= 4 is 33.0 Å². The van der Waals surface area contributed by atoms with Crippen LogP contribution in [0, 0.1) is 13.8 Å². The van der Waals surface area contributed by atoms with Crippen LogP contribution >= 0.6 is 12.2 Å². The molecule has 0 amide bonds. The van der Waals surface area contributed by atoms with Gasteiger partial charge in [-0.05, 0) is 74.4 Å². The zero-order chi connectivity index (χ0) is 21.0. The van der Waals surface area contributed by atoms with Crippen molar-refractivity contribution in [2.75, 3.05) is 38.1 Å². The predicted octanol–water partition coefficient (Wildman–Crippen LogP) is 3.41. The number of anilines is 1. The quantitative estimate of drug-likeness (QED) is 0.730. The monoisotopic (exact) mass is 433 g/mol. The van der Waals surface area contributed by atoms with Crippen molar-refractivity contribution in [3.63, 3.8) is 0 Å². The number of hydrogen-bond donors (Lipinski definition) is 1. The first-order valence-electron chi connectivity index (χ1n) is 9.68. The summed E-state index contributed by atoms with van der Waals surface area (Å²) >= 11 is 5.56. The molecule has 0 saturated carbocycles. The zero-order valence-corrected chi connectivity index (χ0v) is 18.6. The highest BCUT2D eigenvalue weighted by Crippen LogP contribution is 2.22. The van der Waals surface area contributed by atoms with E-state index in [1.807, 2.05) is 24.0 Å². The van der Waals surface area contributed by atoms with E-state index in [-0.39, 0.29) is 4.90 Å². The molecule has 0 unspecified atom stereocenters. The van der Waals surface area contributed by atoms with Crippen LogP contribution in [0.15, 0.2) is 47.4 Å². The summed E-state index contributed by atoms with van der Waals surface area (Å²) in [6.45, 7) is 8.44. The van der Waals surface area contributed by atoms with Gasteiger partial charge in [0, 0.05) is 31.9 Å². The van der Waals surface area contributed by atoms with Crippen LogP contribution in [0.2, 0.25) is 0 Å². The van der Waals surface area contributed by atoms with Gasteiger partial charge in [0.1, 0.15) is 5.75 Å². The Morgan fingerprint density at radius 3 is 2.34 bits per heavy atom. The fraction of sp³-hybridized carbons (Fsp3) is 0.381. The van der Waals surface area contributed by atoms with E-state index in [0.717, 1.165) is 11.3 Å². The van der Waals surface area contributed by atoms with Gasteiger partial charge in [0.15, 0.2) is 5.11 Å². The molecular weight excluding hydrogens is 406 g/mol. The SMILES string of the molecule is CCOc1ccc(S(=O)(=O)N2CCN(C(=S)Nc3cccc(C)c3C)CC2)cc1. The van der Waals surface area contributed by atoms with Gasteiger partial charge < -0.3 is 15.0 Å². The number of ether oxygens (including phenoxy) is 1. The molecule has 0 aromatic heterocycles. The van der Waals surface area contributed by atoms with Crippen molar-refractivity contribution in [3.05, 3.63) is 53.6 Å². The third-order valence-electron chi connectivity index (χ3n) is 5.14. The molecule has 0 bridgehead atoms. The topological polar surface area (TPSA) is 61.9 Å². The number of benzene rings is 2. The van der Waals surface area contributed by atoms with Crippen molar-refractivity contribution in [3.8, 4) is 5.75 Å². The van der Waals surface area contributed by atoms with Crippen molar-refractivity contribution in [1.82, 2.24) is 9.21 Å². The van der Waals surface area contributed by atoms with Gasteiger partial charge >= 0.3 is 0 Å². The maximum Gasteiger partial charge on any atom is 0.243 e. The third-order valence-corrected chi connectivity index (χ3v) is 7.42. The van der Waals surface area contributed by atoms with E-state index in [0.29, 0.717) is 43.6 Å². The van der Waals surface area contributed by atoms with Gasteiger partial charge in [0.25, 0.3) is 0 Å². The van der Waals surface area contributed by atoms with Crippen LogP contribution in [0.3, 0.4) is 0 Å². The Labute approximate surface area is 178 Å². The smallest absolute Gasteiger partial charge is 0.243 e. The molecule has 156 valence electrons. The van der Waals surface area contributed by atoms with Crippen molar-refractivity contribution in [2.24, 2.45) is 0 Å². The molecule has 6 nitrogen and oxygen atoms in total. The largest absolute Gasteiger partial charge is 0.494 e. The highest BCUT2D eigenvalue weighted by molar-refractivity contribution is 7.89. The zero-order valence-electron chi connectivity index (χ0n) is 17.0. The molecule has 1 N–H and O–H groups in total. The number of sulfonamides is 1. The van der Waals surface area contributed by atoms with Gasteiger partial charge in [-0.2, -0.15) is 4.31 Å². The molecule has 1 saturated heterocycles. The molecule has 1 aliphatic rings. The van der Waals surface area contributed by atoms with Crippen LogP contribution in [-0.2, 0) is 10.0 Å². The summed E-state index contributed by atoms with van der Waals surface area (Å²) < 4.78 is 32.7. The van der Waals surface area contributed by atoms with Gasteiger partial charge in [0.2, 0.25) is 10.0 Å². The molecule has 29 heavy (non-hydrogen) atoms. The Balaban J connectivity index is 1.62. The Morgan fingerprint density at radius 1 is 1.07 bits per heavy atom. The summed E-state index contributed by atoms with van der Waals surface area (Å²) in [7, 11) is -3.53. The lowest BCUT2D eigenvalue weighted by molar-refractivity contribution is 0.268. The lowest BCUT2D eigenvalue weighted by Crippen LogP contribution is -2.51. The summed E-state index contributed by atoms with van der Waals surface area (Å²) in [5.41, 5.74) is 3.34. The highest BCUT2D eigenvalue weighted by Gasteiger charge is 2.29. The maximum atomic E-state index is 12.9. The standard InChI is InChI=1S/C21H27N3O3S2/c1-4-27-18-8-10-19(11-9-18)29(25,26)24-14-12-23(13-15-24)21(28)22-20-7-5-6-16(2)17(20)3/h5-11H,4,12-15H2,1-3H3,(H,22,28). The van der Waals surface area contributed by atoms with Gasteiger partial charge in [-0.15, -0.1) is 0 Å². The Bertz CT molecular complexity index is 967. The van der Waals surface area contributed by atoms with Crippen LogP contribution in [0.4, 0.5) is 5.69 Å². The average molecular weight is 434 g/mol. The minimum Gasteiger partial charge on any atom is -0.494 e. The third kappa shape index (κ3) is 4.88. The van der Waals surface area contributed by atoms with E-state index in [4.69, 9.17) is 17.0 Å². The molecular formula is C21H27N3O3S2. The second-order valence-electron chi connectivity index (χ2n) is 6.97. The summed E-state index contributed by atoms with van der Waals surface area (Å²) in [5, 5.41) is 3.92. The first-order valence-corrected chi connectivity index (χ1v) is 11.5. The second-order valence-corrected chi connectivity index (χ2v) is 9.30. The number of hydrogen-bond acceptors (Lipinski definition) is 4. The molecule has 1 fully saturated rings. The van der Waals surface area contributed by atoms with Crippen LogP contribution in [0.1, 0.15) is 18.1 Å². The van der Waals surface area contributed by atoms with E-state index in [2.05, 4.69) is 25.2 Å². The van der Waals surface area contributed by atoms with Crippen LogP contribution in [0.25, 0.3) is 0 Å². The average Bonchev–Trinajstić information content (AvgIpc) is 2.72. The molecule has 1 heterocycles. The summed E-state index contributed by atoms with van der Waals surface area (Å²) in [6, 6.07) is 12.6. The minimum absolute atomic E-state index is 0.283. The summed E-state index contributed by atoms with van der Waals surface area (Å²) in [5.74, 6) is 0.666. The van der Waals surface area contributed by atoms with Gasteiger partial charge in [0.05, 0.1) is 11.5 Å². The first kappa shape index (κ1) is 21.5. The lowest BCUT2D eigenvalue weighted by atomic mass is 10.1. The number of aryl methyl sites for hydroxylation is 1. The number of piperazine rings is 1. The number of rotatable bonds is 5. The van der Waals surface area contributed by atoms with E-state index in [9.17, 15) is 8.42 Å². The van der Waals surface area contributed by atoms with E-state index >= 15 is 0 Å². The molecule has 8 heteroatoms. The Hall–Kier alpha value is -2.16. The molecule has 0 aliphatic carbocycles. The van der Waals surface area contributed by atoms with E-state index in [1.54, 1.807) is 24.3 Å². The van der Waals surface area contributed by atoms with Crippen molar-refractivity contribution < 1.29 is 13.2 Å². The molecule has 0 radical (unpaired) electrons. The molecule has 2 aromatic rings. The van der Waals surface area contributed by atoms with Gasteiger partial charge in [-0.3, -0.25) is 0 Å². The summed E-state index contributed by atoms with van der Waals surface area (Å²) in [4.78, 5) is 2.30. The van der Waals surface area contributed by atoms with E-state index in [1.165, 1.54) is 9.87 Å². The fourth-order valence-electron chi connectivity index (χ4n) is 3.24. The highest BCUT2D eigenvalue weighted by atomic mass is 32.2. The van der Waals surface area contributed by atoms with Gasteiger partial charge in [-0.25, -0.2) is 8.42 Å². The molecule has 0 atom stereocenters. The molecule has 1 aliphatic heterocycles. The predicted molar refractivity (Wildman–Crippen MR) is 120 cm³/mol. The molecule has 3 rings (SSSR count). The normalized spacial score (nSPS) is 15.2. The summed E-state index contributed by atoms with van der Waals surface area (Å²) in [6.07, 6.45) is 0. The Morgan fingerprint density at radius 2 is 1.72 bits per heavy atom. The lowest BCUT2D eigenvalue weighted by Gasteiger charge is -2.35. The first-order chi connectivity index (χ1) is 13.8. The van der Waals surface area contributed by atoms with Crippen LogP contribution in [-0.4, -0.2) is 55.5 Å². The van der Waals surface area contributed by atoms with Crippen LogP contribution in [0.5, 0.6) is 5.75 Å². The fourth-order valence-corrected chi connectivity index (χ4v) is 4.95. The maximum absolute atomic E-state index is 12.9. The number of nitrogens with one attached hydrogen (secondary N) is 1. The molecule has 2 aromatic carbocycles. The van der Waals surface area contributed by atoms with Crippen LogP contribution < -0.4 is 10.1 Å². The Kier molecular flexibility index (Phi) is 6.77. The van der Waals surface area contributed by atoms with Crippen molar-refractivity contribution in [1.29, 1.82) is 0 Å². The second kappa shape index (κ2) is 9.11. The van der Waals surface area contributed by atoms with E-state index < -0.39 is 10.0 Å². The van der Waals surface area contributed by atoms with Gasteiger partial charge in [-0.1, -0.05) is 12.1 Å².